The van der Waals surface area contributed by atoms with E-state index in [2.05, 4.69) is 10.3 Å². The Bertz CT molecular complexity index is 972. The minimum Gasteiger partial charge on any atom is -0.328 e. The number of nitrogens with zero attached hydrogens (tertiary/aromatic N) is 2. The number of carbonyl (C=O) groups is 1. The number of aromatic nitrogens is 2. The number of benzene rings is 2. The lowest BCUT2D eigenvalue weighted by Crippen LogP contribution is -2.19. The van der Waals surface area contributed by atoms with Crippen LogP contribution in [0.3, 0.4) is 0 Å². The van der Waals surface area contributed by atoms with Gasteiger partial charge in [-0.1, -0.05) is 0 Å². The molecule has 1 atom stereocenters. The van der Waals surface area contributed by atoms with Gasteiger partial charge < -0.3 is 15.6 Å². The van der Waals surface area contributed by atoms with Crippen molar-refractivity contribution < 1.29 is 9.18 Å². The van der Waals surface area contributed by atoms with Gasteiger partial charge >= 0.3 is 0 Å². The maximum absolute atomic E-state index is 13.4. The summed E-state index contributed by atoms with van der Waals surface area (Å²) in [5, 5.41) is 2.92. The molecule has 0 aliphatic carbocycles. The van der Waals surface area contributed by atoms with Crippen molar-refractivity contribution in [2.75, 3.05) is 5.32 Å². The van der Waals surface area contributed by atoms with Crippen molar-refractivity contribution in [3.8, 4) is 11.4 Å². The first-order valence-corrected chi connectivity index (χ1v) is 8.63. The number of anilines is 1. The van der Waals surface area contributed by atoms with Gasteiger partial charge in [0.2, 0.25) is 5.91 Å². The third-order valence-corrected chi connectivity index (χ3v) is 4.43. The zero-order valence-corrected chi connectivity index (χ0v) is 17.7. The highest BCUT2D eigenvalue weighted by atomic mass is 35.5. The third-order valence-electron chi connectivity index (χ3n) is 4.43. The van der Waals surface area contributed by atoms with Crippen molar-refractivity contribution in [3.63, 3.8) is 0 Å². The van der Waals surface area contributed by atoms with E-state index in [0.717, 1.165) is 28.2 Å². The van der Waals surface area contributed by atoms with Crippen LogP contribution in [0.5, 0.6) is 0 Å². The fourth-order valence-electron chi connectivity index (χ4n) is 2.95. The minimum absolute atomic E-state index is 0. The molecule has 0 saturated carbocycles. The van der Waals surface area contributed by atoms with Crippen molar-refractivity contribution in [2.24, 2.45) is 12.8 Å². The molecule has 3 N–H and O–H groups in total. The summed E-state index contributed by atoms with van der Waals surface area (Å²) in [4.78, 5) is 16.6. The van der Waals surface area contributed by atoms with Crippen LogP contribution in [0.25, 0.3) is 22.4 Å². The molecule has 2 aromatic carbocycles. The van der Waals surface area contributed by atoms with E-state index in [1.807, 2.05) is 43.7 Å². The number of nitrogens with one attached hydrogen (secondary N) is 1. The van der Waals surface area contributed by atoms with E-state index in [4.69, 9.17) is 5.73 Å². The van der Waals surface area contributed by atoms with Crippen LogP contribution in [0.2, 0.25) is 0 Å². The maximum Gasteiger partial charge on any atom is 0.224 e. The van der Waals surface area contributed by atoms with Crippen LogP contribution < -0.4 is 11.1 Å². The van der Waals surface area contributed by atoms with Gasteiger partial charge in [-0.3, -0.25) is 4.79 Å². The molecule has 0 bridgehead atoms. The van der Waals surface area contributed by atoms with Crippen LogP contribution in [0, 0.1) is 12.7 Å². The van der Waals surface area contributed by atoms with Crippen LogP contribution in [0.1, 0.15) is 25.3 Å². The van der Waals surface area contributed by atoms with Gasteiger partial charge in [0.25, 0.3) is 0 Å². The van der Waals surface area contributed by atoms with Crippen LogP contribution in [-0.4, -0.2) is 21.5 Å². The normalized spacial score (nSPS) is 11.5. The molecule has 1 aromatic heterocycles. The minimum atomic E-state index is -0.303. The molecule has 1 unspecified atom stereocenters. The molecule has 5 nitrogen and oxygen atoms in total. The molecule has 0 spiro atoms. The molecule has 0 radical (unpaired) electrons. The number of fused-ring (bicyclic) bond motifs is 1. The molecule has 0 fully saturated rings. The average molecular weight is 427 g/mol. The van der Waals surface area contributed by atoms with E-state index in [1.54, 1.807) is 6.07 Å². The first-order chi connectivity index (χ1) is 12.3. The fraction of sp³-hybridized carbons (Fsp3) is 0.300. The molecular formula is C20H25Cl2FN4O. The Hall–Kier alpha value is -2.15. The van der Waals surface area contributed by atoms with Crippen LogP contribution >= 0.6 is 24.8 Å². The molecule has 0 aliphatic heterocycles. The summed E-state index contributed by atoms with van der Waals surface area (Å²) >= 11 is 0. The Morgan fingerprint density at radius 2 is 1.96 bits per heavy atom. The lowest BCUT2D eigenvalue weighted by atomic mass is 10.1. The molecular weight excluding hydrogens is 402 g/mol. The second-order valence-corrected chi connectivity index (χ2v) is 6.72. The second-order valence-electron chi connectivity index (χ2n) is 6.72. The maximum atomic E-state index is 13.4. The van der Waals surface area contributed by atoms with Gasteiger partial charge in [-0.05, 0) is 56.2 Å². The standard InChI is InChI=1S/C20H23FN4O.2ClH/c1-12-10-14(5-7-16(12)23-19(26)9-4-13(2)22)20-24-17-11-15(21)6-8-18(17)25(20)3;;/h5-8,10-11,13H,4,9,22H2,1-3H3,(H,23,26);2*1H. The predicted octanol–water partition coefficient (Wildman–Crippen LogP) is 4.60. The zero-order valence-electron chi connectivity index (χ0n) is 16.0. The van der Waals surface area contributed by atoms with Crippen molar-refractivity contribution in [1.29, 1.82) is 0 Å². The highest BCUT2D eigenvalue weighted by Gasteiger charge is 2.12. The summed E-state index contributed by atoms with van der Waals surface area (Å²) < 4.78 is 15.4. The topological polar surface area (TPSA) is 72.9 Å². The average Bonchev–Trinajstić information content (AvgIpc) is 2.91. The monoisotopic (exact) mass is 426 g/mol. The summed E-state index contributed by atoms with van der Waals surface area (Å²) in [6, 6.07) is 10.3. The Balaban J connectivity index is 0.00000196. The van der Waals surface area contributed by atoms with Gasteiger partial charge in [-0.15, -0.1) is 24.8 Å². The second kappa shape index (κ2) is 9.87. The number of carbonyl (C=O) groups excluding carboxylic acids is 1. The van der Waals surface area contributed by atoms with E-state index in [9.17, 15) is 9.18 Å². The third kappa shape index (κ3) is 5.22. The summed E-state index contributed by atoms with van der Waals surface area (Å²) in [6.45, 7) is 3.82. The molecule has 0 saturated heterocycles. The Morgan fingerprint density at radius 1 is 1.25 bits per heavy atom. The van der Waals surface area contributed by atoms with E-state index in [0.29, 0.717) is 18.4 Å². The summed E-state index contributed by atoms with van der Waals surface area (Å²) in [7, 11) is 1.90. The van der Waals surface area contributed by atoms with E-state index < -0.39 is 0 Å². The number of imidazole rings is 1. The van der Waals surface area contributed by atoms with Gasteiger partial charge in [0.1, 0.15) is 11.6 Å². The van der Waals surface area contributed by atoms with Gasteiger partial charge in [0, 0.05) is 36.8 Å². The van der Waals surface area contributed by atoms with Crippen molar-refractivity contribution >= 4 is 47.4 Å². The van der Waals surface area contributed by atoms with Gasteiger partial charge in [-0.25, -0.2) is 9.37 Å². The highest BCUT2D eigenvalue weighted by Crippen LogP contribution is 2.27. The van der Waals surface area contributed by atoms with Crippen LogP contribution in [0.4, 0.5) is 10.1 Å². The number of hydrogen-bond donors (Lipinski definition) is 2. The number of nitrogens with two attached hydrogens (primary N) is 1. The quantitative estimate of drug-likeness (QED) is 0.625. The Labute approximate surface area is 176 Å². The number of hydrogen-bond acceptors (Lipinski definition) is 3. The molecule has 3 rings (SSSR count). The van der Waals surface area contributed by atoms with Gasteiger partial charge in [0.15, 0.2) is 0 Å². The van der Waals surface area contributed by atoms with E-state index in [1.165, 1.54) is 12.1 Å². The van der Waals surface area contributed by atoms with Crippen molar-refractivity contribution in [1.82, 2.24) is 9.55 Å². The largest absolute Gasteiger partial charge is 0.328 e. The van der Waals surface area contributed by atoms with E-state index >= 15 is 0 Å². The fourth-order valence-corrected chi connectivity index (χ4v) is 2.95. The number of rotatable bonds is 5. The number of amides is 1. The zero-order chi connectivity index (χ0) is 18.8. The molecule has 152 valence electrons. The molecule has 28 heavy (non-hydrogen) atoms. The number of aryl methyl sites for hydroxylation is 2. The highest BCUT2D eigenvalue weighted by molar-refractivity contribution is 5.92. The molecule has 3 aromatic rings. The first kappa shape index (κ1) is 23.9. The Morgan fingerprint density at radius 3 is 2.61 bits per heavy atom. The lowest BCUT2D eigenvalue weighted by molar-refractivity contribution is -0.116. The molecule has 8 heteroatoms. The van der Waals surface area contributed by atoms with Crippen molar-refractivity contribution in [3.05, 3.63) is 47.8 Å². The van der Waals surface area contributed by atoms with Crippen molar-refractivity contribution in [2.45, 2.75) is 32.7 Å². The van der Waals surface area contributed by atoms with Gasteiger partial charge in [-0.2, -0.15) is 0 Å². The summed E-state index contributed by atoms with van der Waals surface area (Å²) in [5.41, 5.74) is 9.80. The lowest BCUT2D eigenvalue weighted by Gasteiger charge is -2.11. The van der Waals surface area contributed by atoms with E-state index in [-0.39, 0.29) is 42.6 Å². The van der Waals surface area contributed by atoms with Crippen LogP contribution in [-0.2, 0) is 11.8 Å². The smallest absolute Gasteiger partial charge is 0.224 e. The summed E-state index contributed by atoms with van der Waals surface area (Å²) in [6.07, 6.45) is 1.05. The SMILES string of the molecule is Cc1cc(-c2nc3cc(F)ccc3n2C)ccc1NC(=O)CCC(C)N.Cl.Cl. The first-order valence-electron chi connectivity index (χ1n) is 8.63. The van der Waals surface area contributed by atoms with Gasteiger partial charge in [0.05, 0.1) is 11.0 Å². The van der Waals surface area contributed by atoms with Crippen LogP contribution in [0.15, 0.2) is 36.4 Å². The molecule has 1 heterocycles. The Kier molecular flexibility index (Phi) is 8.42. The molecule has 0 aliphatic rings. The number of halogens is 3. The predicted molar refractivity (Wildman–Crippen MR) is 117 cm³/mol. The molecule has 1 amide bonds. The summed E-state index contributed by atoms with van der Waals surface area (Å²) in [5.74, 6) is 0.406.